The standard InChI is InChI=1S/C18H22N4O/c1-13-4-2-5-15-16(13)19-12-20-17(15)21-8-3-9-22(11-10-21)18(23)14-6-7-14/h2,4-5,12,14H,3,6-11H2,1H3. The number of aryl methyl sites for hydroxylation is 1. The second-order valence-electron chi connectivity index (χ2n) is 6.61. The van der Waals surface area contributed by atoms with Crippen LogP contribution in [0.1, 0.15) is 24.8 Å². The van der Waals surface area contributed by atoms with E-state index in [0.717, 1.165) is 62.2 Å². The van der Waals surface area contributed by atoms with Crippen LogP contribution in [0.3, 0.4) is 0 Å². The van der Waals surface area contributed by atoms with Crippen molar-refractivity contribution in [2.75, 3.05) is 31.1 Å². The van der Waals surface area contributed by atoms with Gasteiger partial charge in [-0.2, -0.15) is 0 Å². The van der Waals surface area contributed by atoms with E-state index in [4.69, 9.17) is 0 Å². The van der Waals surface area contributed by atoms with Crippen LogP contribution in [0.5, 0.6) is 0 Å². The average Bonchev–Trinajstić information content (AvgIpc) is 3.41. The van der Waals surface area contributed by atoms with Crippen molar-refractivity contribution in [2.45, 2.75) is 26.2 Å². The molecule has 0 radical (unpaired) electrons. The number of anilines is 1. The molecule has 0 spiro atoms. The normalized spacial score (nSPS) is 19.0. The van der Waals surface area contributed by atoms with E-state index < -0.39 is 0 Å². The molecule has 1 amide bonds. The number of amides is 1. The molecule has 2 fully saturated rings. The SMILES string of the molecule is Cc1cccc2c(N3CCCN(C(=O)C4CC4)CC3)ncnc12. The molecule has 2 heterocycles. The minimum absolute atomic E-state index is 0.309. The van der Waals surface area contributed by atoms with Crippen LogP contribution in [-0.2, 0) is 4.79 Å². The lowest BCUT2D eigenvalue weighted by molar-refractivity contribution is -0.132. The van der Waals surface area contributed by atoms with Crippen LogP contribution >= 0.6 is 0 Å². The summed E-state index contributed by atoms with van der Waals surface area (Å²) in [6.45, 7) is 5.53. The van der Waals surface area contributed by atoms with Gasteiger partial charge in [-0.15, -0.1) is 0 Å². The predicted octanol–water partition coefficient (Wildman–Crippen LogP) is 2.39. The predicted molar refractivity (Wildman–Crippen MR) is 90.4 cm³/mol. The molecule has 1 saturated heterocycles. The molecule has 1 aromatic heterocycles. The Morgan fingerprint density at radius 2 is 2.00 bits per heavy atom. The number of benzene rings is 1. The van der Waals surface area contributed by atoms with E-state index in [1.807, 2.05) is 4.90 Å². The highest BCUT2D eigenvalue weighted by Gasteiger charge is 2.34. The maximum Gasteiger partial charge on any atom is 0.225 e. The first-order valence-corrected chi connectivity index (χ1v) is 8.48. The Bertz CT molecular complexity index is 741. The molecular weight excluding hydrogens is 288 g/mol. The van der Waals surface area contributed by atoms with Crippen molar-refractivity contribution >= 4 is 22.6 Å². The summed E-state index contributed by atoms with van der Waals surface area (Å²) in [5, 5.41) is 1.11. The van der Waals surface area contributed by atoms with Gasteiger partial charge in [-0.1, -0.05) is 12.1 Å². The summed E-state index contributed by atoms with van der Waals surface area (Å²) in [5.41, 5.74) is 2.19. The molecule has 0 N–H and O–H groups in total. The lowest BCUT2D eigenvalue weighted by atomic mass is 10.1. The highest BCUT2D eigenvalue weighted by atomic mass is 16.2. The zero-order valence-electron chi connectivity index (χ0n) is 13.5. The Kier molecular flexibility index (Phi) is 3.63. The second-order valence-corrected chi connectivity index (χ2v) is 6.61. The lowest BCUT2D eigenvalue weighted by Gasteiger charge is -2.24. The topological polar surface area (TPSA) is 49.3 Å². The molecule has 23 heavy (non-hydrogen) atoms. The fourth-order valence-electron chi connectivity index (χ4n) is 3.41. The molecular formula is C18H22N4O. The van der Waals surface area contributed by atoms with Gasteiger partial charge in [0.05, 0.1) is 5.52 Å². The fraction of sp³-hybridized carbons (Fsp3) is 0.500. The van der Waals surface area contributed by atoms with Crippen LogP contribution in [0.2, 0.25) is 0 Å². The van der Waals surface area contributed by atoms with E-state index in [1.54, 1.807) is 6.33 Å². The molecule has 120 valence electrons. The van der Waals surface area contributed by atoms with Crippen LogP contribution in [-0.4, -0.2) is 47.0 Å². The molecule has 2 aliphatic rings. The number of rotatable bonds is 2. The molecule has 1 aliphatic carbocycles. The van der Waals surface area contributed by atoms with E-state index in [-0.39, 0.29) is 0 Å². The number of hydrogen-bond acceptors (Lipinski definition) is 4. The number of hydrogen-bond donors (Lipinski definition) is 0. The van der Waals surface area contributed by atoms with E-state index >= 15 is 0 Å². The summed E-state index contributed by atoms with van der Waals surface area (Å²) in [6, 6.07) is 6.23. The first-order valence-electron chi connectivity index (χ1n) is 8.48. The van der Waals surface area contributed by atoms with Gasteiger partial charge in [0.1, 0.15) is 12.1 Å². The molecule has 5 heteroatoms. The summed E-state index contributed by atoms with van der Waals surface area (Å²) < 4.78 is 0. The first kappa shape index (κ1) is 14.4. The maximum atomic E-state index is 12.3. The lowest BCUT2D eigenvalue weighted by Crippen LogP contribution is -2.36. The average molecular weight is 310 g/mol. The van der Waals surface area contributed by atoms with Gasteiger partial charge >= 0.3 is 0 Å². The van der Waals surface area contributed by atoms with Crippen molar-refractivity contribution < 1.29 is 4.79 Å². The maximum absolute atomic E-state index is 12.3. The molecule has 0 unspecified atom stereocenters. The monoisotopic (exact) mass is 310 g/mol. The number of fused-ring (bicyclic) bond motifs is 1. The highest BCUT2D eigenvalue weighted by Crippen LogP contribution is 2.32. The molecule has 1 saturated carbocycles. The molecule has 1 aliphatic heterocycles. The van der Waals surface area contributed by atoms with Crippen LogP contribution in [0, 0.1) is 12.8 Å². The summed E-state index contributed by atoms with van der Waals surface area (Å²) in [5.74, 6) is 1.67. The summed E-state index contributed by atoms with van der Waals surface area (Å²) in [6.07, 6.45) is 4.81. The van der Waals surface area contributed by atoms with Crippen molar-refractivity contribution in [3.05, 3.63) is 30.1 Å². The van der Waals surface area contributed by atoms with Gasteiger partial charge in [0.25, 0.3) is 0 Å². The minimum Gasteiger partial charge on any atom is -0.354 e. The van der Waals surface area contributed by atoms with Crippen LogP contribution in [0.15, 0.2) is 24.5 Å². The van der Waals surface area contributed by atoms with Crippen molar-refractivity contribution in [1.29, 1.82) is 0 Å². The third kappa shape index (κ3) is 2.76. The zero-order chi connectivity index (χ0) is 15.8. The molecule has 2 aromatic rings. The van der Waals surface area contributed by atoms with E-state index in [1.165, 1.54) is 5.56 Å². The van der Waals surface area contributed by atoms with E-state index in [2.05, 4.69) is 40.0 Å². The highest BCUT2D eigenvalue weighted by molar-refractivity contribution is 5.91. The fourth-order valence-corrected chi connectivity index (χ4v) is 3.41. The Balaban J connectivity index is 1.59. The molecule has 0 atom stereocenters. The van der Waals surface area contributed by atoms with E-state index in [0.29, 0.717) is 11.8 Å². The zero-order valence-corrected chi connectivity index (χ0v) is 13.5. The van der Waals surface area contributed by atoms with Gasteiger partial charge in [0.2, 0.25) is 5.91 Å². The molecule has 4 rings (SSSR count). The number of para-hydroxylation sites is 1. The van der Waals surface area contributed by atoms with Gasteiger partial charge in [0, 0.05) is 37.5 Å². The minimum atomic E-state index is 0.309. The van der Waals surface area contributed by atoms with E-state index in [9.17, 15) is 4.79 Å². The number of nitrogens with zero attached hydrogens (tertiary/aromatic N) is 4. The second kappa shape index (κ2) is 5.80. The summed E-state index contributed by atoms with van der Waals surface area (Å²) in [7, 11) is 0. The van der Waals surface area contributed by atoms with Crippen molar-refractivity contribution in [3.63, 3.8) is 0 Å². The van der Waals surface area contributed by atoms with Gasteiger partial charge in [-0.05, 0) is 37.8 Å². The Morgan fingerprint density at radius 3 is 2.83 bits per heavy atom. The van der Waals surface area contributed by atoms with Gasteiger partial charge in [0.15, 0.2) is 0 Å². The molecule has 5 nitrogen and oxygen atoms in total. The molecule has 1 aromatic carbocycles. The number of carbonyl (C=O) groups is 1. The Labute approximate surface area is 136 Å². The first-order chi connectivity index (χ1) is 11.2. The third-order valence-electron chi connectivity index (χ3n) is 4.88. The van der Waals surface area contributed by atoms with Gasteiger partial charge < -0.3 is 9.80 Å². The van der Waals surface area contributed by atoms with Crippen LogP contribution in [0.4, 0.5) is 5.82 Å². The Hall–Kier alpha value is -2.17. The third-order valence-corrected chi connectivity index (χ3v) is 4.88. The van der Waals surface area contributed by atoms with Crippen LogP contribution in [0.25, 0.3) is 10.9 Å². The number of aromatic nitrogens is 2. The van der Waals surface area contributed by atoms with Gasteiger partial charge in [-0.25, -0.2) is 9.97 Å². The summed E-state index contributed by atoms with van der Waals surface area (Å²) >= 11 is 0. The van der Waals surface area contributed by atoms with Crippen molar-refractivity contribution in [1.82, 2.24) is 14.9 Å². The van der Waals surface area contributed by atoms with Crippen molar-refractivity contribution in [2.24, 2.45) is 5.92 Å². The van der Waals surface area contributed by atoms with Gasteiger partial charge in [-0.3, -0.25) is 4.79 Å². The quantitative estimate of drug-likeness (QED) is 0.854. The number of carbonyl (C=O) groups excluding carboxylic acids is 1. The molecule has 0 bridgehead atoms. The summed E-state index contributed by atoms with van der Waals surface area (Å²) in [4.78, 5) is 25.6. The largest absolute Gasteiger partial charge is 0.354 e. The van der Waals surface area contributed by atoms with Crippen LogP contribution < -0.4 is 4.90 Å². The smallest absolute Gasteiger partial charge is 0.225 e. The van der Waals surface area contributed by atoms with Crippen molar-refractivity contribution in [3.8, 4) is 0 Å². The Morgan fingerprint density at radius 1 is 1.13 bits per heavy atom.